The highest BCUT2D eigenvalue weighted by Gasteiger charge is 2.34. The van der Waals surface area contributed by atoms with E-state index in [9.17, 15) is 18.0 Å². The molecule has 0 bridgehead atoms. The fourth-order valence-electron chi connectivity index (χ4n) is 3.52. The number of unbranched alkanes of at least 4 members (excludes halogenated alkanes) is 1. The van der Waals surface area contributed by atoms with Crippen LogP contribution >= 0.6 is 0 Å². The number of ether oxygens (including phenoxy) is 2. The van der Waals surface area contributed by atoms with E-state index < -0.39 is 15.8 Å². The molecule has 0 aliphatic carbocycles. The van der Waals surface area contributed by atoms with Gasteiger partial charge in [-0.15, -0.1) is 0 Å². The van der Waals surface area contributed by atoms with Gasteiger partial charge in [0.25, 0.3) is 0 Å². The molecule has 8 nitrogen and oxygen atoms in total. The second-order valence-corrected chi connectivity index (χ2v) is 9.85. The molecule has 0 N–H and O–H groups in total. The molecule has 1 unspecified atom stereocenters. The zero-order chi connectivity index (χ0) is 22.5. The van der Waals surface area contributed by atoms with Gasteiger partial charge in [0.1, 0.15) is 0 Å². The normalized spacial score (nSPS) is 17.2. The predicted octanol–water partition coefficient (Wildman–Crippen LogP) is 2.96. The van der Waals surface area contributed by atoms with E-state index in [0.717, 1.165) is 19.1 Å². The Hall–Kier alpha value is -2.29. The van der Waals surface area contributed by atoms with Crippen LogP contribution in [0.2, 0.25) is 0 Å². The largest absolute Gasteiger partial charge is 0.465 e. The maximum atomic E-state index is 12.5. The molecular formula is C21H32N2O6S. The Kier molecular flexibility index (Phi) is 8.11. The number of rotatable bonds is 7. The number of carbonyl (C=O) groups excluding carboxylic acids is 2. The van der Waals surface area contributed by atoms with Crippen molar-refractivity contribution in [3.8, 4) is 0 Å². The third-order valence-corrected chi connectivity index (χ3v) is 6.42. The molecule has 1 atom stereocenters. The van der Waals surface area contributed by atoms with E-state index in [1.165, 1.54) is 19.2 Å². The number of methoxy groups -OCH3 is 1. The quantitative estimate of drug-likeness (QED) is 0.475. The van der Waals surface area contributed by atoms with E-state index in [2.05, 4.69) is 0 Å². The number of benzene rings is 1. The number of hydrogen-bond acceptors (Lipinski definition) is 7. The number of sulfone groups is 1. The van der Waals surface area contributed by atoms with E-state index in [1.54, 1.807) is 11.0 Å². The monoisotopic (exact) mass is 440 g/mol. The van der Waals surface area contributed by atoms with E-state index in [0.29, 0.717) is 31.9 Å². The van der Waals surface area contributed by atoms with Crippen LogP contribution in [-0.2, 0) is 19.3 Å². The minimum Gasteiger partial charge on any atom is -0.465 e. The number of carbonyl (C=O) groups is 2. The first-order valence-electron chi connectivity index (χ1n) is 10.2. The molecule has 1 heterocycles. The predicted molar refractivity (Wildman–Crippen MR) is 115 cm³/mol. The standard InChI is InChI=1S/C21H32N2O6S/c1-6-7-12-29-21(25)23-11-10-22(14-18(23)15(2)3)16-8-9-17(20(24)28-4)19(13-16)30(5,26)27/h8-9,13,15,18H,6-7,10-12,14H2,1-5H3. The molecule has 2 rings (SSSR count). The summed E-state index contributed by atoms with van der Waals surface area (Å²) in [6, 6.07) is 4.63. The highest BCUT2D eigenvalue weighted by molar-refractivity contribution is 7.90. The summed E-state index contributed by atoms with van der Waals surface area (Å²) in [5.74, 6) is -0.503. The zero-order valence-electron chi connectivity index (χ0n) is 18.4. The van der Waals surface area contributed by atoms with Crippen LogP contribution in [0.25, 0.3) is 0 Å². The van der Waals surface area contributed by atoms with Crippen molar-refractivity contribution in [3.63, 3.8) is 0 Å². The highest BCUT2D eigenvalue weighted by atomic mass is 32.2. The van der Waals surface area contributed by atoms with E-state index in [4.69, 9.17) is 9.47 Å². The average Bonchev–Trinajstić information content (AvgIpc) is 2.71. The van der Waals surface area contributed by atoms with Gasteiger partial charge in [0, 0.05) is 31.6 Å². The van der Waals surface area contributed by atoms with Crippen molar-refractivity contribution in [2.24, 2.45) is 5.92 Å². The van der Waals surface area contributed by atoms with Crippen molar-refractivity contribution in [1.29, 1.82) is 0 Å². The second-order valence-electron chi connectivity index (χ2n) is 7.86. The summed E-state index contributed by atoms with van der Waals surface area (Å²) in [5, 5.41) is 0. The SMILES string of the molecule is CCCCOC(=O)N1CCN(c2ccc(C(=O)OC)c(S(C)(=O)=O)c2)CC1C(C)C. The average molecular weight is 441 g/mol. The molecule has 1 aromatic carbocycles. The number of amides is 1. The molecule has 30 heavy (non-hydrogen) atoms. The van der Waals surface area contributed by atoms with Crippen molar-refractivity contribution >= 4 is 27.6 Å². The number of anilines is 1. The van der Waals surface area contributed by atoms with Crippen molar-refractivity contribution in [3.05, 3.63) is 23.8 Å². The molecular weight excluding hydrogens is 408 g/mol. The highest BCUT2D eigenvalue weighted by Crippen LogP contribution is 2.28. The Balaban J connectivity index is 2.27. The Morgan fingerprint density at radius 3 is 2.50 bits per heavy atom. The van der Waals surface area contributed by atoms with E-state index >= 15 is 0 Å². The molecule has 1 saturated heterocycles. The van der Waals surface area contributed by atoms with Crippen LogP contribution in [0, 0.1) is 5.92 Å². The first-order valence-corrected chi connectivity index (χ1v) is 12.1. The van der Waals surface area contributed by atoms with E-state index in [1.807, 2.05) is 25.7 Å². The lowest BCUT2D eigenvalue weighted by Gasteiger charge is -2.43. The number of hydrogen-bond donors (Lipinski definition) is 0. The molecule has 1 amide bonds. The van der Waals surface area contributed by atoms with Crippen LogP contribution in [-0.4, -0.2) is 71.0 Å². The van der Waals surface area contributed by atoms with Crippen LogP contribution < -0.4 is 4.90 Å². The molecule has 1 fully saturated rings. The molecule has 1 aliphatic heterocycles. The molecule has 0 spiro atoms. The van der Waals surface area contributed by atoms with Crippen molar-refractivity contribution in [1.82, 2.24) is 4.90 Å². The van der Waals surface area contributed by atoms with Gasteiger partial charge in [-0.05, 0) is 30.5 Å². The van der Waals surface area contributed by atoms with Gasteiger partial charge in [-0.3, -0.25) is 0 Å². The van der Waals surface area contributed by atoms with Crippen LogP contribution in [0.5, 0.6) is 0 Å². The van der Waals surface area contributed by atoms with Gasteiger partial charge >= 0.3 is 12.1 Å². The minimum atomic E-state index is -3.63. The smallest absolute Gasteiger partial charge is 0.410 e. The lowest BCUT2D eigenvalue weighted by Crippen LogP contribution is -2.57. The minimum absolute atomic E-state index is 0.0160. The summed E-state index contributed by atoms with van der Waals surface area (Å²) in [6.07, 6.45) is 2.55. The van der Waals surface area contributed by atoms with Crippen LogP contribution in [0.4, 0.5) is 10.5 Å². The maximum Gasteiger partial charge on any atom is 0.410 e. The van der Waals surface area contributed by atoms with Crippen LogP contribution in [0.3, 0.4) is 0 Å². The third kappa shape index (κ3) is 5.65. The fraction of sp³-hybridized carbons (Fsp3) is 0.619. The maximum absolute atomic E-state index is 12.5. The lowest BCUT2D eigenvalue weighted by molar-refractivity contribution is 0.0595. The summed E-state index contributed by atoms with van der Waals surface area (Å²) in [4.78, 5) is 28.2. The van der Waals surface area contributed by atoms with Gasteiger partial charge in [-0.1, -0.05) is 27.2 Å². The summed E-state index contributed by atoms with van der Waals surface area (Å²) in [5.41, 5.74) is 0.704. The van der Waals surface area contributed by atoms with Crippen LogP contribution in [0.1, 0.15) is 44.0 Å². The lowest BCUT2D eigenvalue weighted by atomic mass is 9.99. The Morgan fingerprint density at radius 1 is 1.23 bits per heavy atom. The van der Waals surface area contributed by atoms with Gasteiger partial charge in [-0.2, -0.15) is 0 Å². The summed E-state index contributed by atoms with van der Waals surface area (Å²) in [6.45, 7) is 8.09. The van der Waals surface area contributed by atoms with Gasteiger partial charge < -0.3 is 19.3 Å². The fourth-order valence-corrected chi connectivity index (χ4v) is 4.41. The van der Waals surface area contributed by atoms with Crippen molar-refractivity contribution < 1.29 is 27.5 Å². The topological polar surface area (TPSA) is 93.2 Å². The molecule has 1 aliphatic rings. The zero-order valence-corrected chi connectivity index (χ0v) is 19.2. The van der Waals surface area contributed by atoms with Gasteiger partial charge in [0.05, 0.1) is 30.2 Å². The van der Waals surface area contributed by atoms with Gasteiger partial charge in [-0.25, -0.2) is 18.0 Å². The van der Waals surface area contributed by atoms with E-state index in [-0.39, 0.29) is 28.5 Å². The van der Waals surface area contributed by atoms with Crippen molar-refractivity contribution in [2.75, 3.05) is 44.5 Å². The van der Waals surface area contributed by atoms with Gasteiger partial charge in [0.2, 0.25) is 0 Å². The molecule has 0 saturated carbocycles. The van der Waals surface area contributed by atoms with Crippen molar-refractivity contribution in [2.45, 2.75) is 44.6 Å². The Morgan fingerprint density at radius 2 is 1.93 bits per heavy atom. The van der Waals surface area contributed by atoms with Gasteiger partial charge in [0.15, 0.2) is 9.84 Å². The number of nitrogens with zero attached hydrogens (tertiary/aromatic N) is 2. The molecule has 9 heteroatoms. The molecule has 0 aromatic heterocycles. The molecule has 168 valence electrons. The molecule has 1 aromatic rings. The number of piperazine rings is 1. The summed E-state index contributed by atoms with van der Waals surface area (Å²) < 4.78 is 34.6. The summed E-state index contributed by atoms with van der Waals surface area (Å²) in [7, 11) is -2.41. The first kappa shape index (κ1) is 24.0. The Bertz CT molecular complexity index is 868. The Labute approximate surface area is 179 Å². The third-order valence-electron chi connectivity index (χ3n) is 5.28. The molecule has 0 radical (unpaired) electrons. The second kappa shape index (κ2) is 10.1. The van der Waals surface area contributed by atoms with Crippen LogP contribution in [0.15, 0.2) is 23.1 Å². The number of esters is 1. The first-order chi connectivity index (χ1) is 14.1. The summed E-state index contributed by atoms with van der Waals surface area (Å²) >= 11 is 0.